The number of halogens is 3. The standard InChI is InChI=1S/C15H24Cl2N4O2S.HI/c1-4-21(5-2)24(22,23)9-8-19-15(18-3)20-11-12-6-7-13(16)10-14(12)17;/h6-7,10H,4-5,8-9,11H2,1-3H3,(H2,18,19,20);1H. The van der Waals surface area contributed by atoms with Crippen molar-refractivity contribution < 1.29 is 8.42 Å². The van der Waals surface area contributed by atoms with Crippen LogP contribution in [-0.2, 0) is 16.6 Å². The zero-order chi connectivity index (χ0) is 18.2. The van der Waals surface area contributed by atoms with Crippen LogP contribution in [0.1, 0.15) is 19.4 Å². The Morgan fingerprint density at radius 3 is 2.36 bits per heavy atom. The molecule has 1 rings (SSSR count). The fourth-order valence-electron chi connectivity index (χ4n) is 2.11. The normalized spacial score (nSPS) is 12.0. The Labute approximate surface area is 177 Å². The second kappa shape index (κ2) is 12.2. The van der Waals surface area contributed by atoms with Gasteiger partial charge in [-0.3, -0.25) is 4.99 Å². The van der Waals surface area contributed by atoms with Gasteiger partial charge in [0.15, 0.2) is 5.96 Å². The molecule has 10 heteroatoms. The Morgan fingerprint density at radius 2 is 1.84 bits per heavy atom. The third kappa shape index (κ3) is 8.29. The molecule has 25 heavy (non-hydrogen) atoms. The molecule has 0 atom stereocenters. The first-order valence-electron chi connectivity index (χ1n) is 7.70. The summed E-state index contributed by atoms with van der Waals surface area (Å²) in [5.74, 6) is 0.521. The van der Waals surface area contributed by atoms with Crippen LogP contribution in [0.25, 0.3) is 0 Å². The van der Waals surface area contributed by atoms with Crippen molar-refractivity contribution in [3.8, 4) is 0 Å². The highest BCUT2D eigenvalue weighted by molar-refractivity contribution is 14.0. The lowest BCUT2D eigenvalue weighted by molar-refractivity contribution is 0.445. The predicted molar refractivity (Wildman–Crippen MR) is 117 cm³/mol. The van der Waals surface area contributed by atoms with Crippen LogP contribution in [0, 0.1) is 0 Å². The van der Waals surface area contributed by atoms with Gasteiger partial charge in [-0.1, -0.05) is 43.1 Å². The molecule has 0 aliphatic rings. The number of guanidine groups is 1. The van der Waals surface area contributed by atoms with E-state index in [9.17, 15) is 8.42 Å². The highest BCUT2D eigenvalue weighted by Gasteiger charge is 2.18. The van der Waals surface area contributed by atoms with Crippen LogP contribution in [0.5, 0.6) is 0 Å². The van der Waals surface area contributed by atoms with Gasteiger partial charge in [-0.05, 0) is 17.7 Å². The molecule has 0 aliphatic carbocycles. The van der Waals surface area contributed by atoms with Crippen LogP contribution in [-0.4, -0.2) is 51.1 Å². The van der Waals surface area contributed by atoms with E-state index in [0.29, 0.717) is 35.6 Å². The van der Waals surface area contributed by atoms with Gasteiger partial charge in [-0.2, -0.15) is 0 Å². The number of sulfonamides is 1. The molecule has 0 aliphatic heterocycles. The molecule has 144 valence electrons. The predicted octanol–water partition coefficient (Wildman–Crippen LogP) is 2.95. The Hall–Kier alpha value is -0.290. The summed E-state index contributed by atoms with van der Waals surface area (Å²) in [7, 11) is -1.63. The first-order chi connectivity index (χ1) is 11.3. The zero-order valence-electron chi connectivity index (χ0n) is 14.6. The average Bonchev–Trinajstić information content (AvgIpc) is 2.52. The molecule has 2 N–H and O–H groups in total. The Kier molecular flexibility index (Phi) is 12.0. The largest absolute Gasteiger partial charge is 0.355 e. The van der Waals surface area contributed by atoms with Crippen LogP contribution in [0.4, 0.5) is 0 Å². The van der Waals surface area contributed by atoms with Gasteiger partial charge in [0.25, 0.3) is 0 Å². The van der Waals surface area contributed by atoms with E-state index in [-0.39, 0.29) is 36.3 Å². The number of benzene rings is 1. The van der Waals surface area contributed by atoms with Crippen LogP contribution >= 0.6 is 47.2 Å². The monoisotopic (exact) mass is 522 g/mol. The zero-order valence-corrected chi connectivity index (χ0v) is 19.2. The van der Waals surface area contributed by atoms with E-state index >= 15 is 0 Å². The molecular weight excluding hydrogens is 498 g/mol. The summed E-state index contributed by atoms with van der Waals surface area (Å²) in [5.41, 5.74) is 0.875. The van der Waals surface area contributed by atoms with E-state index in [4.69, 9.17) is 23.2 Å². The molecule has 1 aromatic carbocycles. The number of nitrogens with one attached hydrogen (secondary N) is 2. The van der Waals surface area contributed by atoms with Crippen molar-refractivity contribution in [3.63, 3.8) is 0 Å². The molecule has 0 radical (unpaired) electrons. The summed E-state index contributed by atoms with van der Waals surface area (Å²) in [6.45, 7) is 5.32. The minimum absolute atomic E-state index is 0. The summed E-state index contributed by atoms with van der Waals surface area (Å²) in [5, 5.41) is 7.23. The van der Waals surface area contributed by atoms with Gasteiger partial charge >= 0.3 is 0 Å². The topological polar surface area (TPSA) is 73.8 Å². The van der Waals surface area contributed by atoms with E-state index < -0.39 is 10.0 Å². The van der Waals surface area contributed by atoms with Crippen molar-refractivity contribution in [2.75, 3.05) is 32.4 Å². The van der Waals surface area contributed by atoms with E-state index in [1.807, 2.05) is 19.9 Å². The second-order valence-corrected chi connectivity index (χ2v) is 7.92. The molecule has 0 heterocycles. The molecule has 0 saturated carbocycles. The fourth-order valence-corrected chi connectivity index (χ4v) is 3.99. The molecule has 6 nitrogen and oxygen atoms in total. The van der Waals surface area contributed by atoms with Crippen molar-refractivity contribution in [3.05, 3.63) is 33.8 Å². The van der Waals surface area contributed by atoms with Gasteiger partial charge in [0.2, 0.25) is 10.0 Å². The first kappa shape index (κ1) is 24.7. The van der Waals surface area contributed by atoms with Crippen molar-refractivity contribution in [1.82, 2.24) is 14.9 Å². The van der Waals surface area contributed by atoms with E-state index in [1.54, 1.807) is 19.2 Å². The number of nitrogens with zero attached hydrogens (tertiary/aromatic N) is 2. The number of hydrogen-bond donors (Lipinski definition) is 2. The minimum atomic E-state index is -3.25. The summed E-state index contributed by atoms with van der Waals surface area (Å²) >= 11 is 12.0. The maximum Gasteiger partial charge on any atom is 0.215 e. The lowest BCUT2D eigenvalue weighted by Gasteiger charge is -2.19. The van der Waals surface area contributed by atoms with Gasteiger partial charge in [0.05, 0.1) is 5.75 Å². The Bertz CT molecular complexity index is 667. The summed E-state index contributed by atoms with van der Waals surface area (Å²) in [4.78, 5) is 4.07. The molecule has 0 aromatic heterocycles. The third-order valence-electron chi connectivity index (χ3n) is 3.44. The van der Waals surface area contributed by atoms with E-state index in [1.165, 1.54) is 4.31 Å². The molecule has 1 aromatic rings. The maximum atomic E-state index is 12.1. The molecule has 0 amide bonds. The van der Waals surface area contributed by atoms with Gasteiger partial charge in [-0.25, -0.2) is 12.7 Å². The van der Waals surface area contributed by atoms with Crippen molar-refractivity contribution in [2.24, 2.45) is 4.99 Å². The van der Waals surface area contributed by atoms with Crippen LogP contribution in [0.3, 0.4) is 0 Å². The fraction of sp³-hybridized carbons (Fsp3) is 0.533. The molecule has 0 saturated heterocycles. The summed E-state index contributed by atoms with van der Waals surface area (Å²) in [6, 6.07) is 5.26. The molecule has 0 unspecified atom stereocenters. The molecule has 0 bridgehead atoms. The van der Waals surface area contributed by atoms with Crippen LogP contribution in [0.2, 0.25) is 10.0 Å². The van der Waals surface area contributed by atoms with Crippen LogP contribution < -0.4 is 10.6 Å². The quantitative estimate of drug-likeness (QED) is 0.313. The molecule has 0 fully saturated rings. The Balaban J connectivity index is 0.00000576. The molecule has 0 spiro atoms. The van der Waals surface area contributed by atoms with Gasteiger partial charge in [0, 0.05) is 43.3 Å². The highest BCUT2D eigenvalue weighted by atomic mass is 127. The van der Waals surface area contributed by atoms with E-state index in [2.05, 4.69) is 15.6 Å². The van der Waals surface area contributed by atoms with Gasteiger partial charge < -0.3 is 10.6 Å². The average molecular weight is 523 g/mol. The number of rotatable bonds is 8. The maximum absolute atomic E-state index is 12.1. The lowest BCUT2D eigenvalue weighted by atomic mass is 10.2. The highest BCUT2D eigenvalue weighted by Crippen LogP contribution is 2.20. The second-order valence-electron chi connectivity index (χ2n) is 4.99. The van der Waals surface area contributed by atoms with E-state index in [0.717, 1.165) is 5.56 Å². The number of aliphatic imine (C=N–C) groups is 1. The molecular formula is C15H25Cl2IN4O2S. The Morgan fingerprint density at radius 1 is 1.20 bits per heavy atom. The SMILES string of the molecule is CCN(CC)S(=O)(=O)CCNC(=NC)NCc1ccc(Cl)cc1Cl.I. The van der Waals surface area contributed by atoms with Crippen molar-refractivity contribution >= 4 is 63.2 Å². The summed E-state index contributed by atoms with van der Waals surface area (Å²) < 4.78 is 25.7. The van der Waals surface area contributed by atoms with Crippen molar-refractivity contribution in [1.29, 1.82) is 0 Å². The first-order valence-corrected chi connectivity index (χ1v) is 10.1. The van der Waals surface area contributed by atoms with Crippen LogP contribution in [0.15, 0.2) is 23.2 Å². The van der Waals surface area contributed by atoms with Gasteiger partial charge in [0.1, 0.15) is 0 Å². The van der Waals surface area contributed by atoms with Crippen molar-refractivity contribution in [2.45, 2.75) is 20.4 Å². The minimum Gasteiger partial charge on any atom is -0.355 e. The lowest BCUT2D eigenvalue weighted by Crippen LogP contribution is -2.41. The third-order valence-corrected chi connectivity index (χ3v) is 6.05. The summed E-state index contributed by atoms with van der Waals surface area (Å²) in [6.07, 6.45) is 0. The smallest absolute Gasteiger partial charge is 0.215 e. The van der Waals surface area contributed by atoms with Gasteiger partial charge in [-0.15, -0.1) is 24.0 Å². The number of hydrogen-bond acceptors (Lipinski definition) is 3.